The van der Waals surface area contributed by atoms with Crippen LogP contribution in [0.5, 0.6) is 11.8 Å². The minimum absolute atomic E-state index is 0.0838. The predicted molar refractivity (Wildman–Crippen MR) is 130 cm³/mol. The molecule has 1 aliphatic carbocycles. The maximum atomic E-state index is 14.1. The van der Waals surface area contributed by atoms with Gasteiger partial charge in [0.1, 0.15) is 29.7 Å². The summed E-state index contributed by atoms with van der Waals surface area (Å²) < 4.78 is 61.2. The Kier molecular flexibility index (Phi) is 8.04. The van der Waals surface area contributed by atoms with Crippen LogP contribution in [0.4, 0.5) is 10.3 Å². The second-order valence-corrected chi connectivity index (χ2v) is 10.8. The van der Waals surface area contributed by atoms with E-state index in [1.807, 2.05) is 0 Å². The summed E-state index contributed by atoms with van der Waals surface area (Å²) >= 11 is 5.86. The molecule has 1 fully saturated rings. The van der Waals surface area contributed by atoms with E-state index in [1.54, 1.807) is 0 Å². The lowest BCUT2D eigenvalue weighted by molar-refractivity contribution is 0.0950. The number of rotatable bonds is 10. The van der Waals surface area contributed by atoms with Gasteiger partial charge in [-0.3, -0.25) is 9.29 Å². The van der Waals surface area contributed by atoms with Crippen LogP contribution in [0.3, 0.4) is 0 Å². The monoisotopic (exact) mass is 556 g/mol. The first-order valence-electron chi connectivity index (χ1n) is 11.2. The number of hydrogen-bond donors (Lipinski definition) is 1. The van der Waals surface area contributed by atoms with Crippen molar-refractivity contribution in [3.05, 3.63) is 35.4 Å². The maximum Gasteiger partial charge on any atom is 0.245 e. The van der Waals surface area contributed by atoms with Crippen molar-refractivity contribution in [1.82, 2.24) is 34.7 Å². The minimum Gasteiger partial charge on any atom is -0.479 e. The zero-order chi connectivity index (χ0) is 26.7. The summed E-state index contributed by atoms with van der Waals surface area (Å²) in [5.74, 6) is 0.110. The van der Waals surface area contributed by atoms with Crippen molar-refractivity contribution in [2.45, 2.75) is 49.6 Å². The highest BCUT2D eigenvalue weighted by Crippen LogP contribution is 2.40. The van der Waals surface area contributed by atoms with Gasteiger partial charge in [0.05, 0.1) is 19.2 Å². The van der Waals surface area contributed by atoms with E-state index in [9.17, 15) is 12.8 Å². The molecular formula is C21H26ClFN8O5S. The van der Waals surface area contributed by atoms with Crippen molar-refractivity contribution in [1.29, 1.82) is 0 Å². The smallest absolute Gasteiger partial charge is 0.245 e. The van der Waals surface area contributed by atoms with Crippen molar-refractivity contribution in [2.24, 2.45) is 0 Å². The van der Waals surface area contributed by atoms with E-state index >= 15 is 0 Å². The van der Waals surface area contributed by atoms with E-state index in [4.69, 9.17) is 25.8 Å². The molecule has 37 heavy (non-hydrogen) atoms. The van der Waals surface area contributed by atoms with E-state index in [2.05, 4.69) is 34.9 Å². The molecule has 200 valence electrons. The van der Waals surface area contributed by atoms with Gasteiger partial charge in [0.2, 0.25) is 27.7 Å². The molecule has 13 nitrogen and oxygen atoms in total. The van der Waals surface area contributed by atoms with Gasteiger partial charge in [-0.15, -0.1) is 10.2 Å². The molecule has 3 aromatic heterocycles. The summed E-state index contributed by atoms with van der Waals surface area (Å²) in [6.45, 7) is 1.44. The normalized spacial score (nSPS) is 19.4. The molecule has 0 bridgehead atoms. The summed E-state index contributed by atoms with van der Waals surface area (Å²) in [7, 11) is -0.0493. The summed E-state index contributed by atoms with van der Waals surface area (Å²) in [5, 5.41) is 7.43. The quantitative estimate of drug-likeness (QED) is 0.391. The number of nitrogens with one attached hydrogen (secondary N) is 1. The van der Waals surface area contributed by atoms with Gasteiger partial charge >= 0.3 is 0 Å². The van der Waals surface area contributed by atoms with Crippen LogP contribution >= 0.6 is 11.6 Å². The fourth-order valence-electron chi connectivity index (χ4n) is 4.20. The molecule has 0 spiro atoms. The van der Waals surface area contributed by atoms with Gasteiger partial charge in [-0.25, -0.2) is 22.8 Å². The first kappa shape index (κ1) is 26.9. The fourth-order valence-corrected chi connectivity index (χ4v) is 5.43. The molecule has 16 heteroatoms. The van der Waals surface area contributed by atoms with E-state index in [0.29, 0.717) is 23.7 Å². The minimum atomic E-state index is -4.18. The molecule has 0 saturated heterocycles. The van der Waals surface area contributed by atoms with Crippen LogP contribution in [0.15, 0.2) is 18.7 Å². The molecule has 4 atom stereocenters. The number of nitrogens with zero attached hydrogens (tertiary/aromatic N) is 7. The van der Waals surface area contributed by atoms with Crippen molar-refractivity contribution >= 4 is 27.6 Å². The van der Waals surface area contributed by atoms with Crippen LogP contribution in [0.25, 0.3) is 5.69 Å². The number of aromatic nitrogens is 7. The lowest BCUT2D eigenvalue weighted by atomic mass is 10.1. The molecule has 1 saturated carbocycles. The number of alkyl halides is 1. The van der Waals surface area contributed by atoms with E-state index in [0.717, 1.165) is 0 Å². The lowest BCUT2D eigenvalue weighted by Crippen LogP contribution is -2.33. The molecule has 0 amide bonds. The second-order valence-electron chi connectivity index (χ2n) is 8.33. The standard InChI is InChI=1S/C21H26ClFN8O5S/c1-11(16(34-2)17-24-8-13(22)9-25-17)37(32,33)30-21-29-28-18(12-5-6-14(23)7-12)31(21)15-19(35-3)26-10-27-20(15)36-4/h8-12,14,16H,5-7H2,1-4H3,(H,29,30)/t11-,12-,14-,16-/m0/s1. The third kappa shape index (κ3) is 5.43. The molecule has 0 radical (unpaired) electrons. The molecule has 0 unspecified atom stereocenters. The molecule has 4 rings (SSSR count). The molecule has 1 N–H and O–H groups in total. The molecule has 0 aromatic carbocycles. The maximum absolute atomic E-state index is 14.1. The number of ether oxygens (including phenoxy) is 3. The molecule has 3 heterocycles. The van der Waals surface area contributed by atoms with Crippen molar-refractivity contribution in [3.63, 3.8) is 0 Å². The first-order valence-corrected chi connectivity index (χ1v) is 13.2. The van der Waals surface area contributed by atoms with Gasteiger partial charge in [-0.1, -0.05) is 11.6 Å². The van der Waals surface area contributed by atoms with Crippen LogP contribution in [0.2, 0.25) is 5.02 Å². The number of hydrogen-bond acceptors (Lipinski definition) is 11. The molecule has 3 aromatic rings. The van der Waals surface area contributed by atoms with Crippen LogP contribution in [-0.2, 0) is 14.8 Å². The van der Waals surface area contributed by atoms with Crippen LogP contribution in [-0.4, -0.2) is 75.9 Å². The zero-order valence-corrected chi connectivity index (χ0v) is 22.1. The average Bonchev–Trinajstić information content (AvgIpc) is 3.50. The van der Waals surface area contributed by atoms with Gasteiger partial charge in [-0.05, 0) is 26.2 Å². The molecular weight excluding hydrogens is 531 g/mol. The Hall–Kier alpha value is -3.17. The Bertz CT molecular complexity index is 1320. The van der Waals surface area contributed by atoms with Crippen molar-refractivity contribution < 1.29 is 27.0 Å². The predicted octanol–water partition coefficient (Wildman–Crippen LogP) is 2.64. The third-order valence-electron chi connectivity index (χ3n) is 6.09. The zero-order valence-electron chi connectivity index (χ0n) is 20.5. The van der Waals surface area contributed by atoms with Gasteiger partial charge in [0.15, 0.2) is 11.5 Å². The summed E-state index contributed by atoms with van der Waals surface area (Å²) in [5.41, 5.74) is 0.171. The fraction of sp³-hybridized carbons (Fsp3) is 0.524. The largest absolute Gasteiger partial charge is 0.479 e. The van der Waals surface area contributed by atoms with E-state index in [1.165, 1.54) is 51.5 Å². The highest BCUT2D eigenvalue weighted by Gasteiger charge is 2.37. The Balaban J connectivity index is 1.78. The topological polar surface area (TPSA) is 156 Å². The third-order valence-corrected chi connectivity index (χ3v) is 7.97. The Morgan fingerprint density at radius 2 is 1.73 bits per heavy atom. The number of anilines is 1. The SMILES string of the molecule is COc1ncnc(OC)c1-n1c(NS(=O)(=O)[C@@H](C)[C@H](OC)c2ncc(Cl)cn2)nnc1[C@H]1CC[C@H](F)C1. The average molecular weight is 557 g/mol. The number of halogens is 2. The summed E-state index contributed by atoms with van der Waals surface area (Å²) in [6, 6.07) is 0. The molecule has 0 aliphatic heterocycles. The van der Waals surface area contributed by atoms with Crippen LogP contribution in [0.1, 0.15) is 49.9 Å². The number of methoxy groups -OCH3 is 3. The number of sulfonamides is 1. The highest BCUT2D eigenvalue weighted by molar-refractivity contribution is 7.93. The first-order chi connectivity index (χ1) is 17.7. The van der Waals surface area contributed by atoms with Gasteiger partial charge in [0.25, 0.3) is 0 Å². The Morgan fingerprint density at radius 1 is 1.08 bits per heavy atom. The lowest BCUT2D eigenvalue weighted by Gasteiger charge is -2.23. The van der Waals surface area contributed by atoms with Crippen LogP contribution in [0, 0.1) is 0 Å². The summed E-state index contributed by atoms with van der Waals surface area (Å²) in [6.07, 6.45) is 2.95. The van der Waals surface area contributed by atoms with E-state index in [-0.39, 0.29) is 41.6 Å². The Morgan fingerprint density at radius 3 is 2.27 bits per heavy atom. The van der Waals surface area contributed by atoms with E-state index < -0.39 is 27.5 Å². The Labute approximate surface area is 217 Å². The highest BCUT2D eigenvalue weighted by atomic mass is 35.5. The van der Waals surface area contributed by atoms with Gasteiger partial charge in [-0.2, -0.15) is 9.97 Å². The van der Waals surface area contributed by atoms with Crippen molar-refractivity contribution in [2.75, 3.05) is 26.1 Å². The van der Waals surface area contributed by atoms with Crippen LogP contribution < -0.4 is 14.2 Å². The molecule has 1 aliphatic rings. The second kappa shape index (κ2) is 11.1. The van der Waals surface area contributed by atoms with Crippen molar-refractivity contribution in [3.8, 4) is 17.4 Å². The summed E-state index contributed by atoms with van der Waals surface area (Å²) in [4.78, 5) is 16.4. The van der Waals surface area contributed by atoms with Gasteiger partial charge < -0.3 is 14.2 Å². The van der Waals surface area contributed by atoms with Gasteiger partial charge in [0, 0.05) is 25.4 Å².